The first-order valence-electron chi connectivity index (χ1n) is 10.5. The third-order valence-corrected chi connectivity index (χ3v) is 10.4. The van der Waals surface area contributed by atoms with Gasteiger partial charge in [0.2, 0.25) is 0 Å². The van der Waals surface area contributed by atoms with Crippen LogP contribution < -0.4 is 15.6 Å². The smallest absolute Gasteiger partial charge is 0.289 e. The first kappa shape index (κ1) is 20.3. The second-order valence-electron chi connectivity index (χ2n) is 7.90. The summed E-state index contributed by atoms with van der Waals surface area (Å²) >= 11 is 0. The van der Waals surface area contributed by atoms with Crippen molar-refractivity contribution in [2.45, 2.75) is 27.4 Å². The molecule has 0 fully saturated rings. The number of hydrogen-bond acceptors (Lipinski definition) is 1. The summed E-state index contributed by atoms with van der Waals surface area (Å²) in [6, 6.07) is 36.7. The number of hydrogen-bond donors (Lipinski definition) is 0. The molecule has 0 unspecified atom stereocenters. The van der Waals surface area contributed by atoms with E-state index in [1.807, 2.05) is 0 Å². The van der Waals surface area contributed by atoms with Crippen LogP contribution in [0, 0.1) is 20.8 Å². The van der Waals surface area contributed by atoms with E-state index < -0.39 is 8.32 Å². The second-order valence-corrected chi connectivity index (χ2v) is 11.2. The molecule has 0 heterocycles. The summed E-state index contributed by atoms with van der Waals surface area (Å²) in [7, 11) is -2.74. The largest absolute Gasteiger partial charge is 0.400 e. The maximum absolute atomic E-state index is 7.16. The molecule has 2 heteroatoms. The Balaban J connectivity index is 2.01. The van der Waals surface area contributed by atoms with Crippen LogP contribution >= 0.6 is 0 Å². The summed E-state index contributed by atoms with van der Waals surface area (Å²) in [6.45, 7) is 7.21. The van der Waals surface area contributed by atoms with Gasteiger partial charge in [0.05, 0.1) is 6.61 Å². The van der Waals surface area contributed by atoms with E-state index in [0.29, 0.717) is 6.61 Å². The van der Waals surface area contributed by atoms with E-state index in [9.17, 15) is 0 Å². The Bertz CT molecular complexity index is 1020. The van der Waals surface area contributed by atoms with Crippen LogP contribution in [0.3, 0.4) is 0 Å². The molecule has 0 N–H and O–H groups in total. The number of aryl methyl sites for hydroxylation is 3. The summed E-state index contributed by atoms with van der Waals surface area (Å²) < 4.78 is 7.16. The van der Waals surface area contributed by atoms with E-state index in [0.717, 1.165) is 0 Å². The molecule has 4 rings (SSSR count). The lowest BCUT2D eigenvalue weighted by Gasteiger charge is -2.36. The topological polar surface area (TPSA) is 9.23 Å². The minimum atomic E-state index is -2.74. The predicted molar refractivity (Wildman–Crippen MR) is 129 cm³/mol. The van der Waals surface area contributed by atoms with Crippen LogP contribution in [0.15, 0.2) is 103 Å². The van der Waals surface area contributed by atoms with Gasteiger partial charge >= 0.3 is 0 Å². The highest BCUT2D eigenvalue weighted by molar-refractivity contribution is 7.07. The monoisotopic (exact) mass is 408 g/mol. The molecule has 0 aliphatic rings. The lowest BCUT2D eigenvalue weighted by molar-refractivity contribution is 0.311. The molecule has 0 radical (unpaired) electrons. The van der Waals surface area contributed by atoms with Crippen molar-refractivity contribution < 1.29 is 4.43 Å². The molecule has 0 aliphatic heterocycles. The summed E-state index contributed by atoms with van der Waals surface area (Å²) in [6.07, 6.45) is 0. The van der Waals surface area contributed by atoms with Gasteiger partial charge in [-0.05, 0) is 58.6 Å². The summed E-state index contributed by atoms with van der Waals surface area (Å²) in [5.74, 6) is 0. The van der Waals surface area contributed by atoms with Crippen LogP contribution in [0.4, 0.5) is 0 Å². The van der Waals surface area contributed by atoms with Crippen molar-refractivity contribution in [3.8, 4) is 0 Å². The van der Waals surface area contributed by atoms with Gasteiger partial charge in [-0.3, -0.25) is 0 Å². The Morgan fingerprint density at radius 2 is 0.867 bits per heavy atom. The van der Waals surface area contributed by atoms with Crippen molar-refractivity contribution in [1.29, 1.82) is 0 Å². The van der Waals surface area contributed by atoms with E-state index in [2.05, 4.69) is 124 Å². The fourth-order valence-electron chi connectivity index (χ4n) is 4.34. The summed E-state index contributed by atoms with van der Waals surface area (Å²) in [4.78, 5) is 0. The molecule has 0 atom stereocenters. The Kier molecular flexibility index (Phi) is 5.98. The van der Waals surface area contributed by atoms with Gasteiger partial charge in [0.1, 0.15) is 0 Å². The highest BCUT2D eigenvalue weighted by atomic mass is 28.4. The number of benzene rings is 4. The van der Waals surface area contributed by atoms with Crippen LogP contribution in [0.1, 0.15) is 22.3 Å². The molecule has 0 amide bonds. The van der Waals surface area contributed by atoms with Crippen molar-refractivity contribution in [2.75, 3.05) is 0 Å². The van der Waals surface area contributed by atoms with Crippen LogP contribution in [-0.2, 0) is 11.0 Å². The molecule has 0 aromatic heterocycles. The SMILES string of the molecule is Cc1ccccc1[Si](OCc1ccccc1)(c1ccccc1C)c1ccccc1C. The third kappa shape index (κ3) is 3.77. The highest BCUT2D eigenvalue weighted by Gasteiger charge is 2.44. The van der Waals surface area contributed by atoms with Crippen LogP contribution in [0.2, 0.25) is 0 Å². The first-order chi connectivity index (χ1) is 14.6. The third-order valence-electron chi connectivity index (χ3n) is 5.87. The van der Waals surface area contributed by atoms with Crippen molar-refractivity contribution in [3.05, 3.63) is 125 Å². The second kappa shape index (κ2) is 8.82. The van der Waals surface area contributed by atoms with Crippen molar-refractivity contribution in [2.24, 2.45) is 0 Å². The molecule has 0 saturated carbocycles. The first-order valence-corrected chi connectivity index (χ1v) is 12.4. The van der Waals surface area contributed by atoms with Gasteiger partial charge < -0.3 is 4.43 Å². The van der Waals surface area contributed by atoms with Gasteiger partial charge in [-0.25, -0.2) is 0 Å². The maximum Gasteiger partial charge on any atom is 0.289 e. The fourth-order valence-corrected chi connectivity index (χ4v) is 8.97. The average Bonchev–Trinajstić information content (AvgIpc) is 2.78. The van der Waals surface area contributed by atoms with Crippen molar-refractivity contribution >= 4 is 23.9 Å². The summed E-state index contributed by atoms with van der Waals surface area (Å²) in [5, 5.41) is 3.97. The Morgan fingerprint density at radius 3 is 1.27 bits per heavy atom. The zero-order valence-corrected chi connectivity index (χ0v) is 18.9. The van der Waals surface area contributed by atoms with Gasteiger partial charge in [0, 0.05) is 0 Å². The normalized spacial score (nSPS) is 11.4. The molecule has 0 spiro atoms. The van der Waals surface area contributed by atoms with Crippen LogP contribution in [0.25, 0.3) is 0 Å². The Hall–Kier alpha value is -2.94. The van der Waals surface area contributed by atoms with Gasteiger partial charge in [-0.2, -0.15) is 0 Å². The molecular formula is C28H28OSi. The quantitative estimate of drug-likeness (QED) is 0.329. The minimum absolute atomic E-state index is 0.587. The lowest BCUT2D eigenvalue weighted by Crippen LogP contribution is -2.71. The number of rotatable bonds is 6. The van der Waals surface area contributed by atoms with E-state index in [-0.39, 0.29) is 0 Å². The molecule has 1 nitrogen and oxygen atoms in total. The summed E-state index contributed by atoms with van der Waals surface area (Å²) in [5.41, 5.74) is 5.04. The van der Waals surface area contributed by atoms with Gasteiger partial charge in [0.25, 0.3) is 8.32 Å². The molecule has 4 aromatic rings. The minimum Gasteiger partial charge on any atom is -0.400 e. The van der Waals surface area contributed by atoms with Gasteiger partial charge in [0.15, 0.2) is 0 Å². The van der Waals surface area contributed by atoms with E-state index in [1.165, 1.54) is 37.8 Å². The van der Waals surface area contributed by atoms with Crippen molar-refractivity contribution in [1.82, 2.24) is 0 Å². The van der Waals surface area contributed by atoms with Crippen LogP contribution in [-0.4, -0.2) is 8.32 Å². The maximum atomic E-state index is 7.16. The molecule has 0 bridgehead atoms. The van der Waals surface area contributed by atoms with E-state index in [1.54, 1.807) is 0 Å². The fraction of sp³-hybridized carbons (Fsp3) is 0.143. The standard InChI is InChI=1S/C28H28OSi/c1-22-13-7-10-18-26(22)30(27-19-11-8-14-23(27)2,28-20-12-9-15-24(28)3)29-21-25-16-5-4-6-17-25/h4-20H,21H2,1-3H3. The van der Waals surface area contributed by atoms with E-state index >= 15 is 0 Å². The molecular weight excluding hydrogens is 380 g/mol. The van der Waals surface area contributed by atoms with Crippen molar-refractivity contribution in [3.63, 3.8) is 0 Å². The van der Waals surface area contributed by atoms with E-state index in [4.69, 9.17) is 4.43 Å². The molecule has 0 aliphatic carbocycles. The van der Waals surface area contributed by atoms with Crippen LogP contribution in [0.5, 0.6) is 0 Å². The zero-order chi connectivity index (χ0) is 21.0. The molecule has 150 valence electrons. The zero-order valence-electron chi connectivity index (χ0n) is 17.9. The van der Waals surface area contributed by atoms with Gasteiger partial charge in [-0.1, -0.05) is 103 Å². The molecule has 4 aromatic carbocycles. The molecule has 30 heavy (non-hydrogen) atoms. The van der Waals surface area contributed by atoms with Gasteiger partial charge in [-0.15, -0.1) is 0 Å². The molecule has 0 saturated heterocycles. The lowest BCUT2D eigenvalue weighted by atomic mass is 10.2. The Labute approximate surface area is 181 Å². The Morgan fingerprint density at radius 1 is 0.500 bits per heavy atom. The highest BCUT2D eigenvalue weighted by Crippen LogP contribution is 2.18. The average molecular weight is 409 g/mol. The predicted octanol–water partition coefficient (Wildman–Crippen LogP) is 4.80.